The van der Waals surface area contributed by atoms with E-state index in [4.69, 9.17) is 9.52 Å². The number of aliphatic carboxylic acids is 1. The summed E-state index contributed by atoms with van der Waals surface area (Å²) in [5.41, 5.74) is 0.742. The lowest BCUT2D eigenvalue weighted by Crippen LogP contribution is -2.35. The summed E-state index contributed by atoms with van der Waals surface area (Å²) in [5.74, 6) is -0.0868. The van der Waals surface area contributed by atoms with Crippen molar-refractivity contribution in [2.45, 2.75) is 25.4 Å². The summed E-state index contributed by atoms with van der Waals surface area (Å²) in [5, 5.41) is 9.14. The van der Waals surface area contributed by atoms with Crippen molar-refractivity contribution in [3.05, 3.63) is 42.2 Å². The Hall–Kier alpha value is -2.21. The van der Waals surface area contributed by atoms with Crippen LogP contribution in [0.1, 0.15) is 18.7 Å². The molecular formula is C15H15FN2O3. The molecule has 1 aliphatic heterocycles. The van der Waals surface area contributed by atoms with Crippen LogP contribution in [-0.2, 0) is 11.3 Å². The lowest BCUT2D eigenvalue weighted by molar-refractivity contribution is -0.142. The Bertz CT molecular complexity index is 639. The van der Waals surface area contributed by atoms with Crippen molar-refractivity contribution >= 4 is 5.97 Å². The summed E-state index contributed by atoms with van der Waals surface area (Å²) in [6, 6.07) is 5.49. The number of benzene rings is 1. The van der Waals surface area contributed by atoms with Gasteiger partial charge in [-0.2, -0.15) is 0 Å². The van der Waals surface area contributed by atoms with Crippen molar-refractivity contribution in [3.8, 4) is 11.3 Å². The van der Waals surface area contributed by atoms with Crippen LogP contribution in [-0.4, -0.2) is 33.5 Å². The van der Waals surface area contributed by atoms with Gasteiger partial charge in [0.15, 0.2) is 5.76 Å². The van der Waals surface area contributed by atoms with E-state index in [1.807, 2.05) is 4.90 Å². The lowest BCUT2D eigenvalue weighted by atomic mass is 10.2. The van der Waals surface area contributed by atoms with Crippen LogP contribution in [0.5, 0.6) is 0 Å². The highest BCUT2D eigenvalue weighted by atomic mass is 19.1. The van der Waals surface area contributed by atoms with Crippen molar-refractivity contribution in [2.75, 3.05) is 6.54 Å². The van der Waals surface area contributed by atoms with E-state index in [0.29, 0.717) is 24.6 Å². The fourth-order valence-corrected chi connectivity index (χ4v) is 2.60. The molecule has 1 atom stereocenters. The highest BCUT2D eigenvalue weighted by molar-refractivity contribution is 5.73. The smallest absolute Gasteiger partial charge is 0.320 e. The maximum atomic E-state index is 12.9. The molecule has 1 aromatic heterocycles. The minimum atomic E-state index is -0.808. The molecule has 6 heteroatoms. The molecule has 1 saturated heterocycles. The van der Waals surface area contributed by atoms with Crippen LogP contribution in [0.4, 0.5) is 4.39 Å². The number of oxazole rings is 1. The van der Waals surface area contributed by atoms with Gasteiger partial charge in [-0.1, -0.05) is 0 Å². The minimum Gasteiger partial charge on any atom is -0.480 e. The Morgan fingerprint density at radius 3 is 2.90 bits per heavy atom. The van der Waals surface area contributed by atoms with Crippen molar-refractivity contribution in [1.29, 1.82) is 0 Å². The van der Waals surface area contributed by atoms with E-state index in [2.05, 4.69) is 4.98 Å². The second-order valence-electron chi connectivity index (χ2n) is 5.09. The topological polar surface area (TPSA) is 66.6 Å². The quantitative estimate of drug-likeness (QED) is 0.937. The first-order chi connectivity index (χ1) is 10.1. The van der Waals surface area contributed by atoms with Crippen LogP contribution in [0, 0.1) is 5.82 Å². The van der Waals surface area contributed by atoms with Gasteiger partial charge >= 0.3 is 5.97 Å². The predicted molar refractivity (Wildman–Crippen MR) is 73.0 cm³/mol. The molecular weight excluding hydrogens is 275 g/mol. The number of aromatic nitrogens is 1. The minimum absolute atomic E-state index is 0.306. The normalized spacial score (nSPS) is 19.0. The molecule has 1 fully saturated rings. The third kappa shape index (κ3) is 2.95. The number of nitrogens with zero attached hydrogens (tertiary/aromatic N) is 2. The van der Waals surface area contributed by atoms with Gasteiger partial charge in [0.2, 0.25) is 5.89 Å². The van der Waals surface area contributed by atoms with Crippen molar-refractivity contribution in [2.24, 2.45) is 0 Å². The Morgan fingerprint density at radius 1 is 1.43 bits per heavy atom. The maximum Gasteiger partial charge on any atom is 0.320 e. The van der Waals surface area contributed by atoms with E-state index in [1.54, 1.807) is 18.3 Å². The standard InChI is InChI=1S/C15H15FN2O3/c16-11-5-3-10(4-6-11)13-8-17-14(21-13)9-18-7-1-2-12(18)15(19)20/h3-6,8,12H,1-2,7,9H2,(H,19,20). The number of carbonyl (C=O) groups is 1. The van der Waals surface area contributed by atoms with Gasteiger partial charge < -0.3 is 9.52 Å². The van der Waals surface area contributed by atoms with Gasteiger partial charge in [0, 0.05) is 5.56 Å². The first kappa shape index (κ1) is 13.8. The Labute approximate surface area is 121 Å². The van der Waals surface area contributed by atoms with E-state index < -0.39 is 12.0 Å². The van der Waals surface area contributed by atoms with Gasteiger partial charge in [0.25, 0.3) is 0 Å². The van der Waals surface area contributed by atoms with E-state index in [-0.39, 0.29) is 5.82 Å². The van der Waals surface area contributed by atoms with Gasteiger partial charge in [-0.25, -0.2) is 9.37 Å². The fourth-order valence-electron chi connectivity index (χ4n) is 2.60. The van der Waals surface area contributed by atoms with Gasteiger partial charge in [-0.15, -0.1) is 0 Å². The molecule has 1 aliphatic rings. The molecule has 2 heterocycles. The number of likely N-dealkylation sites (tertiary alicyclic amines) is 1. The van der Waals surface area contributed by atoms with Crippen LogP contribution >= 0.6 is 0 Å². The predicted octanol–water partition coefficient (Wildman–Crippen LogP) is 2.53. The number of rotatable bonds is 4. The second kappa shape index (κ2) is 5.65. The zero-order valence-electron chi connectivity index (χ0n) is 11.3. The molecule has 1 aromatic carbocycles. The number of hydrogen-bond acceptors (Lipinski definition) is 4. The zero-order valence-corrected chi connectivity index (χ0v) is 11.3. The molecule has 2 aromatic rings. The van der Waals surface area contributed by atoms with Crippen LogP contribution in [0.25, 0.3) is 11.3 Å². The summed E-state index contributed by atoms with van der Waals surface area (Å²) >= 11 is 0. The fraction of sp³-hybridized carbons (Fsp3) is 0.333. The van der Waals surface area contributed by atoms with Gasteiger partial charge in [0.05, 0.1) is 12.7 Å². The van der Waals surface area contributed by atoms with Gasteiger partial charge in [0.1, 0.15) is 11.9 Å². The molecule has 0 amide bonds. The highest BCUT2D eigenvalue weighted by Gasteiger charge is 2.31. The molecule has 110 valence electrons. The summed E-state index contributed by atoms with van der Waals surface area (Å²) in [4.78, 5) is 17.2. The van der Waals surface area contributed by atoms with Crippen molar-refractivity contribution in [1.82, 2.24) is 9.88 Å². The molecule has 1 unspecified atom stereocenters. The Balaban J connectivity index is 1.73. The van der Waals surface area contributed by atoms with Crippen molar-refractivity contribution < 1.29 is 18.7 Å². The van der Waals surface area contributed by atoms with Gasteiger partial charge in [-0.3, -0.25) is 9.69 Å². The molecule has 21 heavy (non-hydrogen) atoms. The van der Waals surface area contributed by atoms with Crippen molar-refractivity contribution in [3.63, 3.8) is 0 Å². The molecule has 0 saturated carbocycles. The molecule has 5 nitrogen and oxygen atoms in total. The SMILES string of the molecule is O=C(O)C1CCCN1Cc1ncc(-c2ccc(F)cc2)o1. The van der Waals surface area contributed by atoms with E-state index >= 15 is 0 Å². The third-order valence-electron chi connectivity index (χ3n) is 3.67. The monoisotopic (exact) mass is 290 g/mol. The molecule has 0 aliphatic carbocycles. The summed E-state index contributed by atoms with van der Waals surface area (Å²) in [6.07, 6.45) is 3.10. The van der Waals surface area contributed by atoms with Crippen LogP contribution < -0.4 is 0 Å². The van der Waals surface area contributed by atoms with Crippen LogP contribution in [0.15, 0.2) is 34.9 Å². The lowest BCUT2D eigenvalue weighted by Gasteiger charge is -2.18. The average molecular weight is 290 g/mol. The van der Waals surface area contributed by atoms with E-state index in [0.717, 1.165) is 18.5 Å². The van der Waals surface area contributed by atoms with E-state index in [1.165, 1.54) is 12.1 Å². The average Bonchev–Trinajstić information content (AvgIpc) is 3.09. The Morgan fingerprint density at radius 2 is 2.19 bits per heavy atom. The molecule has 0 spiro atoms. The first-order valence-corrected chi connectivity index (χ1v) is 6.81. The summed E-state index contributed by atoms with van der Waals surface area (Å²) in [6.45, 7) is 1.10. The summed E-state index contributed by atoms with van der Waals surface area (Å²) < 4.78 is 18.5. The largest absolute Gasteiger partial charge is 0.480 e. The number of halogens is 1. The molecule has 0 bridgehead atoms. The first-order valence-electron chi connectivity index (χ1n) is 6.81. The van der Waals surface area contributed by atoms with Crippen LogP contribution in [0.2, 0.25) is 0 Å². The second-order valence-corrected chi connectivity index (χ2v) is 5.09. The van der Waals surface area contributed by atoms with E-state index in [9.17, 15) is 9.18 Å². The van der Waals surface area contributed by atoms with Crippen LogP contribution in [0.3, 0.4) is 0 Å². The zero-order chi connectivity index (χ0) is 14.8. The molecule has 3 rings (SSSR count). The number of carboxylic acids is 1. The number of hydrogen-bond donors (Lipinski definition) is 1. The summed E-state index contributed by atoms with van der Waals surface area (Å²) in [7, 11) is 0. The number of carboxylic acid groups (broad SMARTS) is 1. The Kier molecular flexibility index (Phi) is 3.70. The molecule has 1 N–H and O–H groups in total. The maximum absolute atomic E-state index is 12.9. The third-order valence-corrected chi connectivity index (χ3v) is 3.67. The molecule has 0 radical (unpaired) electrons. The van der Waals surface area contributed by atoms with Gasteiger partial charge in [-0.05, 0) is 43.7 Å². The highest BCUT2D eigenvalue weighted by Crippen LogP contribution is 2.24.